The van der Waals surface area contributed by atoms with Crippen molar-refractivity contribution in [3.8, 4) is 5.69 Å². The SMILES string of the molecule is Cc1nc(C)c(CC(=O)Nc2ccc(-n3cnc(C)c3C)cc2)c(=O)[nH]1. The maximum absolute atomic E-state index is 12.3. The second-order valence-electron chi connectivity index (χ2n) is 6.27. The Morgan fingerprint density at radius 3 is 2.38 bits per heavy atom. The third-order valence-electron chi connectivity index (χ3n) is 4.36. The molecule has 2 N–H and O–H groups in total. The minimum atomic E-state index is -0.272. The quantitative estimate of drug-likeness (QED) is 0.755. The molecule has 0 saturated carbocycles. The Morgan fingerprint density at radius 1 is 1.12 bits per heavy atom. The number of hydrogen-bond donors (Lipinski definition) is 2. The topological polar surface area (TPSA) is 92.7 Å². The largest absolute Gasteiger partial charge is 0.326 e. The third-order valence-corrected chi connectivity index (χ3v) is 4.36. The lowest BCUT2D eigenvalue weighted by Crippen LogP contribution is -2.24. The second-order valence-corrected chi connectivity index (χ2v) is 6.27. The van der Waals surface area contributed by atoms with Gasteiger partial charge in [0.2, 0.25) is 5.91 Å². The monoisotopic (exact) mass is 351 g/mol. The Hall–Kier alpha value is -3.22. The Kier molecular flexibility index (Phi) is 4.71. The van der Waals surface area contributed by atoms with Crippen molar-refractivity contribution in [2.24, 2.45) is 0 Å². The summed E-state index contributed by atoms with van der Waals surface area (Å²) in [5.74, 6) is 0.281. The molecule has 0 atom stereocenters. The van der Waals surface area contributed by atoms with E-state index in [9.17, 15) is 9.59 Å². The van der Waals surface area contributed by atoms with Gasteiger partial charge in [0.15, 0.2) is 0 Å². The number of aryl methyl sites for hydroxylation is 3. The molecule has 2 heterocycles. The first kappa shape index (κ1) is 17.6. The van der Waals surface area contributed by atoms with Gasteiger partial charge < -0.3 is 14.9 Å². The van der Waals surface area contributed by atoms with Crippen LogP contribution in [-0.4, -0.2) is 25.4 Å². The fourth-order valence-electron chi connectivity index (χ4n) is 2.79. The zero-order valence-corrected chi connectivity index (χ0v) is 15.3. The highest BCUT2D eigenvalue weighted by Crippen LogP contribution is 2.17. The van der Waals surface area contributed by atoms with E-state index in [1.165, 1.54) is 0 Å². The summed E-state index contributed by atoms with van der Waals surface area (Å²) in [4.78, 5) is 35.4. The number of benzene rings is 1. The highest BCUT2D eigenvalue weighted by Gasteiger charge is 2.12. The summed E-state index contributed by atoms with van der Waals surface area (Å²) in [5.41, 5.74) is 4.37. The van der Waals surface area contributed by atoms with Crippen molar-refractivity contribution in [3.63, 3.8) is 0 Å². The average molecular weight is 351 g/mol. The molecule has 26 heavy (non-hydrogen) atoms. The Bertz CT molecular complexity index is 1020. The van der Waals surface area contributed by atoms with E-state index in [2.05, 4.69) is 20.3 Å². The number of H-pyrrole nitrogens is 1. The molecule has 134 valence electrons. The number of anilines is 1. The number of rotatable bonds is 4. The predicted molar refractivity (Wildman–Crippen MR) is 99.7 cm³/mol. The van der Waals surface area contributed by atoms with E-state index in [4.69, 9.17) is 0 Å². The molecule has 7 heteroatoms. The maximum Gasteiger partial charge on any atom is 0.254 e. The number of nitrogens with zero attached hydrogens (tertiary/aromatic N) is 3. The van der Waals surface area contributed by atoms with E-state index in [1.807, 2.05) is 42.7 Å². The van der Waals surface area contributed by atoms with Gasteiger partial charge in [-0.2, -0.15) is 0 Å². The molecule has 3 rings (SSSR count). The van der Waals surface area contributed by atoms with Gasteiger partial charge in [0.1, 0.15) is 5.82 Å². The molecule has 0 spiro atoms. The molecule has 0 saturated heterocycles. The summed E-state index contributed by atoms with van der Waals surface area (Å²) in [6.07, 6.45) is 1.76. The molecular formula is C19H21N5O2. The van der Waals surface area contributed by atoms with Crippen LogP contribution in [0.5, 0.6) is 0 Å². The average Bonchev–Trinajstić information content (AvgIpc) is 2.91. The second kappa shape index (κ2) is 6.95. The lowest BCUT2D eigenvalue weighted by atomic mass is 10.1. The number of amides is 1. The van der Waals surface area contributed by atoms with Crippen molar-refractivity contribution >= 4 is 11.6 Å². The molecule has 0 aliphatic heterocycles. The van der Waals surface area contributed by atoms with Crippen molar-refractivity contribution in [1.29, 1.82) is 0 Å². The van der Waals surface area contributed by atoms with E-state index >= 15 is 0 Å². The summed E-state index contributed by atoms with van der Waals surface area (Å²) in [6, 6.07) is 7.48. The van der Waals surface area contributed by atoms with Crippen LogP contribution in [-0.2, 0) is 11.2 Å². The van der Waals surface area contributed by atoms with Gasteiger partial charge in [-0.05, 0) is 52.0 Å². The van der Waals surface area contributed by atoms with Gasteiger partial charge in [-0.3, -0.25) is 9.59 Å². The van der Waals surface area contributed by atoms with E-state index in [0.29, 0.717) is 22.8 Å². The van der Waals surface area contributed by atoms with Gasteiger partial charge in [0, 0.05) is 28.3 Å². The van der Waals surface area contributed by atoms with Crippen LogP contribution >= 0.6 is 0 Å². The molecule has 2 aromatic heterocycles. The molecule has 1 amide bonds. The van der Waals surface area contributed by atoms with Crippen LogP contribution in [0, 0.1) is 27.7 Å². The Morgan fingerprint density at radius 2 is 1.81 bits per heavy atom. The van der Waals surface area contributed by atoms with Crippen LogP contribution in [0.2, 0.25) is 0 Å². The Balaban J connectivity index is 1.72. The number of nitrogens with one attached hydrogen (secondary N) is 2. The molecule has 1 aromatic carbocycles. The van der Waals surface area contributed by atoms with Crippen LogP contribution in [0.25, 0.3) is 5.69 Å². The molecule has 0 aliphatic rings. The highest BCUT2D eigenvalue weighted by molar-refractivity contribution is 5.92. The number of carbonyl (C=O) groups is 1. The van der Waals surface area contributed by atoms with Gasteiger partial charge in [-0.25, -0.2) is 9.97 Å². The first-order valence-corrected chi connectivity index (χ1v) is 8.32. The highest BCUT2D eigenvalue weighted by atomic mass is 16.2. The predicted octanol–water partition coefficient (Wildman–Crippen LogP) is 2.37. The number of imidazole rings is 1. The van der Waals surface area contributed by atoms with Gasteiger partial charge in [-0.15, -0.1) is 0 Å². The number of hydrogen-bond acceptors (Lipinski definition) is 4. The summed E-state index contributed by atoms with van der Waals surface area (Å²) >= 11 is 0. The lowest BCUT2D eigenvalue weighted by molar-refractivity contribution is -0.115. The van der Waals surface area contributed by atoms with Crippen LogP contribution < -0.4 is 10.9 Å². The van der Waals surface area contributed by atoms with Crippen molar-refractivity contribution in [2.75, 3.05) is 5.32 Å². The molecule has 0 aliphatic carbocycles. The molecular weight excluding hydrogens is 330 g/mol. The summed E-state index contributed by atoms with van der Waals surface area (Å²) < 4.78 is 1.99. The normalized spacial score (nSPS) is 10.8. The van der Waals surface area contributed by atoms with Gasteiger partial charge in [0.05, 0.1) is 18.4 Å². The fourth-order valence-corrected chi connectivity index (χ4v) is 2.79. The molecule has 0 unspecified atom stereocenters. The van der Waals surface area contributed by atoms with Gasteiger partial charge >= 0.3 is 0 Å². The van der Waals surface area contributed by atoms with Crippen molar-refractivity contribution < 1.29 is 4.79 Å². The smallest absolute Gasteiger partial charge is 0.254 e. The lowest BCUT2D eigenvalue weighted by Gasteiger charge is -2.09. The minimum absolute atomic E-state index is 0.0178. The minimum Gasteiger partial charge on any atom is -0.326 e. The standard InChI is InChI=1S/C19H21N5O2/c1-11-13(3)24(10-20-11)16-7-5-15(6-8-16)23-18(25)9-17-12(2)21-14(4)22-19(17)26/h5-8,10H,9H2,1-4H3,(H,23,25)(H,21,22,26). The molecule has 0 radical (unpaired) electrons. The van der Waals surface area contributed by atoms with E-state index in [-0.39, 0.29) is 17.9 Å². The van der Waals surface area contributed by atoms with Crippen LogP contribution in [0.15, 0.2) is 35.4 Å². The zero-order chi connectivity index (χ0) is 18.8. The van der Waals surface area contributed by atoms with Gasteiger partial charge in [0.25, 0.3) is 5.56 Å². The molecule has 0 fully saturated rings. The molecule has 0 bridgehead atoms. The third kappa shape index (κ3) is 3.56. The zero-order valence-electron chi connectivity index (χ0n) is 15.3. The first-order chi connectivity index (χ1) is 12.3. The van der Waals surface area contributed by atoms with Crippen LogP contribution in [0.4, 0.5) is 5.69 Å². The van der Waals surface area contributed by atoms with Crippen molar-refractivity contribution in [3.05, 3.63) is 69.4 Å². The molecule has 3 aromatic rings. The number of aromatic nitrogens is 4. The Labute approximate surface area is 151 Å². The van der Waals surface area contributed by atoms with Crippen molar-refractivity contribution in [2.45, 2.75) is 34.1 Å². The summed E-state index contributed by atoms with van der Waals surface area (Å²) in [6.45, 7) is 7.41. The summed E-state index contributed by atoms with van der Waals surface area (Å²) in [7, 11) is 0. The van der Waals surface area contributed by atoms with Crippen LogP contribution in [0.3, 0.4) is 0 Å². The maximum atomic E-state index is 12.3. The van der Waals surface area contributed by atoms with E-state index in [0.717, 1.165) is 17.1 Å². The molecule has 7 nitrogen and oxygen atoms in total. The summed E-state index contributed by atoms with van der Waals surface area (Å²) in [5, 5.41) is 2.81. The fraction of sp³-hybridized carbons (Fsp3) is 0.263. The van der Waals surface area contributed by atoms with Gasteiger partial charge in [-0.1, -0.05) is 0 Å². The van der Waals surface area contributed by atoms with E-state index < -0.39 is 0 Å². The first-order valence-electron chi connectivity index (χ1n) is 8.32. The number of carbonyl (C=O) groups excluding carboxylic acids is 1. The van der Waals surface area contributed by atoms with Crippen molar-refractivity contribution in [1.82, 2.24) is 19.5 Å². The van der Waals surface area contributed by atoms with E-state index in [1.54, 1.807) is 20.2 Å². The number of aromatic amines is 1. The van der Waals surface area contributed by atoms with Crippen LogP contribution in [0.1, 0.15) is 28.5 Å².